The molecule has 2 aromatic rings. The van der Waals surface area contributed by atoms with Crippen LogP contribution < -0.4 is 5.32 Å². The lowest BCUT2D eigenvalue weighted by molar-refractivity contribution is 0.133. The van der Waals surface area contributed by atoms with E-state index in [9.17, 15) is 4.79 Å². The summed E-state index contributed by atoms with van der Waals surface area (Å²) in [6, 6.07) is 3.77. The van der Waals surface area contributed by atoms with Crippen molar-refractivity contribution < 1.29 is 9.90 Å². The third-order valence-corrected chi connectivity index (χ3v) is 3.56. The van der Waals surface area contributed by atoms with Gasteiger partial charge in [0.1, 0.15) is 5.52 Å². The Kier molecular flexibility index (Phi) is 3.35. The number of aromatic nitrogens is 3. The molecule has 1 unspecified atom stereocenters. The predicted molar refractivity (Wildman–Crippen MR) is 74.2 cm³/mol. The van der Waals surface area contributed by atoms with Gasteiger partial charge in [0.25, 0.3) is 0 Å². The van der Waals surface area contributed by atoms with E-state index in [1.165, 1.54) is 4.90 Å². The smallest absolute Gasteiger partial charge is 0.407 e. The number of piperidine rings is 1. The number of amides is 1. The van der Waals surface area contributed by atoms with E-state index in [1.54, 1.807) is 10.7 Å². The van der Waals surface area contributed by atoms with Gasteiger partial charge in [-0.3, -0.25) is 0 Å². The predicted octanol–water partition coefficient (Wildman–Crippen LogP) is 1.94. The molecule has 1 aliphatic rings. The van der Waals surface area contributed by atoms with Crippen LogP contribution in [0.3, 0.4) is 0 Å². The van der Waals surface area contributed by atoms with Crippen molar-refractivity contribution in [3.05, 3.63) is 23.6 Å². The summed E-state index contributed by atoms with van der Waals surface area (Å²) in [6.07, 6.45) is 2.64. The Morgan fingerprint density at radius 3 is 3.20 bits per heavy atom. The van der Waals surface area contributed by atoms with Crippen molar-refractivity contribution >= 4 is 29.0 Å². The molecule has 7 nitrogen and oxygen atoms in total. The van der Waals surface area contributed by atoms with Crippen LogP contribution in [0, 0.1) is 0 Å². The van der Waals surface area contributed by atoms with Crippen molar-refractivity contribution in [1.29, 1.82) is 0 Å². The van der Waals surface area contributed by atoms with Gasteiger partial charge in [0.15, 0.2) is 5.82 Å². The van der Waals surface area contributed by atoms with E-state index in [0.29, 0.717) is 18.9 Å². The maximum Gasteiger partial charge on any atom is 0.407 e. The van der Waals surface area contributed by atoms with Crippen LogP contribution in [0.4, 0.5) is 10.6 Å². The number of hydrogen-bond donors (Lipinski definition) is 2. The molecule has 3 rings (SSSR count). The molecule has 106 valence electrons. The van der Waals surface area contributed by atoms with Gasteiger partial charge in [-0.05, 0) is 36.6 Å². The zero-order valence-corrected chi connectivity index (χ0v) is 11.4. The van der Waals surface area contributed by atoms with Crippen LogP contribution in [0.25, 0.3) is 5.52 Å². The normalized spacial score (nSPS) is 19.2. The molecule has 0 saturated carbocycles. The van der Waals surface area contributed by atoms with Crippen molar-refractivity contribution in [2.45, 2.75) is 18.9 Å². The van der Waals surface area contributed by atoms with E-state index in [4.69, 9.17) is 16.7 Å². The van der Waals surface area contributed by atoms with Gasteiger partial charge in [0.05, 0.1) is 0 Å². The van der Waals surface area contributed by atoms with E-state index < -0.39 is 6.09 Å². The molecule has 2 aromatic heterocycles. The molecule has 0 aromatic carbocycles. The van der Waals surface area contributed by atoms with Gasteiger partial charge >= 0.3 is 6.09 Å². The first-order chi connectivity index (χ1) is 9.63. The maximum absolute atomic E-state index is 11.0. The zero-order valence-electron chi connectivity index (χ0n) is 10.7. The van der Waals surface area contributed by atoms with Gasteiger partial charge in [-0.25, -0.2) is 9.31 Å². The minimum atomic E-state index is -0.884. The van der Waals surface area contributed by atoms with Crippen molar-refractivity contribution in [3.63, 3.8) is 0 Å². The van der Waals surface area contributed by atoms with Crippen LogP contribution in [0.15, 0.2) is 18.3 Å². The topological polar surface area (TPSA) is 82.8 Å². The summed E-state index contributed by atoms with van der Waals surface area (Å²) in [5.74, 6) is 0.632. The van der Waals surface area contributed by atoms with Crippen LogP contribution >= 0.6 is 11.6 Å². The highest BCUT2D eigenvalue weighted by molar-refractivity contribution is 6.28. The molecule has 3 heterocycles. The fourth-order valence-corrected chi connectivity index (χ4v) is 2.64. The monoisotopic (exact) mass is 295 g/mol. The molecular formula is C12H14ClN5O2. The van der Waals surface area contributed by atoms with Gasteiger partial charge in [-0.15, -0.1) is 5.10 Å². The van der Waals surface area contributed by atoms with E-state index in [0.717, 1.165) is 18.4 Å². The fourth-order valence-electron chi connectivity index (χ4n) is 2.48. The number of rotatable bonds is 2. The zero-order chi connectivity index (χ0) is 14.1. The highest BCUT2D eigenvalue weighted by atomic mass is 35.5. The summed E-state index contributed by atoms with van der Waals surface area (Å²) >= 11 is 5.89. The third-order valence-electron chi connectivity index (χ3n) is 3.40. The van der Waals surface area contributed by atoms with Crippen LogP contribution in [-0.2, 0) is 0 Å². The van der Waals surface area contributed by atoms with Crippen LogP contribution in [0.5, 0.6) is 0 Å². The number of anilines is 1. The molecule has 0 spiro atoms. The van der Waals surface area contributed by atoms with Crippen LogP contribution in [-0.4, -0.2) is 49.8 Å². The van der Waals surface area contributed by atoms with Gasteiger partial charge in [0.2, 0.25) is 5.28 Å². The number of carboxylic acid groups (broad SMARTS) is 1. The highest BCUT2D eigenvalue weighted by Crippen LogP contribution is 2.20. The first-order valence-corrected chi connectivity index (χ1v) is 6.76. The lowest BCUT2D eigenvalue weighted by atomic mass is 10.1. The standard InChI is InChI=1S/C12H14ClN5O2/c13-11-15-10(9-4-2-6-18(9)16-11)14-8-3-1-5-17(7-8)12(19)20/h2,4,6,8H,1,3,5,7H2,(H,19,20)(H,14,15,16). The summed E-state index contributed by atoms with van der Waals surface area (Å²) in [7, 11) is 0. The van der Waals surface area contributed by atoms with Crippen molar-refractivity contribution in [3.8, 4) is 0 Å². The summed E-state index contributed by atoms with van der Waals surface area (Å²) in [4.78, 5) is 16.6. The van der Waals surface area contributed by atoms with Crippen molar-refractivity contribution in [2.75, 3.05) is 18.4 Å². The second-order valence-electron chi connectivity index (χ2n) is 4.78. The number of fused-ring (bicyclic) bond motifs is 1. The van der Waals surface area contributed by atoms with Crippen LogP contribution in [0.2, 0.25) is 5.28 Å². The largest absolute Gasteiger partial charge is 0.465 e. The number of nitrogens with one attached hydrogen (secondary N) is 1. The van der Waals surface area contributed by atoms with Gasteiger partial charge in [-0.1, -0.05) is 0 Å². The average molecular weight is 296 g/mol. The number of hydrogen-bond acceptors (Lipinski definition) is 4. The number of carbonyl (C=O) groups is 1. The molecule has 2 N–H and O–H groups in total. The molecule has 0 bridgehead atoms. The van der Waals surface area contributed by atoms with E-state index in [-0.39, 0.29) is 11.3 Å². The van der Waals surface area contributed by atoms with Crippen LogP contribution in [0.1, 0.15) is 12.8 Å². The average Bonchev–Trinajstić information content (AvgIpc) is 2.87. The van der Waals surface area contributed by atoms with E-state index in [2.05, 4.69) is 15.4 Å². The molecular weight excluding hydrogens is 282 g/mol. The maximum atomic E-state index is 11.0. The second-order valence-corrected chi connectivity index (χ2v) is 5.12. The summed E-state index contributed by atoms with van der Waals surface area (Å²) in [6.45, 7) is 1.03. The lowest BCUT2D eigenvalue weighted by Gasteiger charge is -2.31. The quantitative estimate of drug-likeness (QED) is 0.884. The Hall–Kier alpha value is -2.02. The van der Waals surface area contributed by atoms with E-state index >= 15 is 0 Å². The Balaban J connectivity index is 1.82. The van der Waals surface area contributed by atoms with Crippen molar-refractivity contribution in [2.24, 2.45) is 0 Å². The second kappa shape index (κ2) is 5.16. The minimum Gasteiger partial charge on any atom is -0.465 e. The number of nitrogens with zero attached hydrogens (tertiary/aromatic N) is 4. The molecule has 8 heteroatoms. The first-order valence-electron chi connectivity index (χ1n) is 6.39. The molecule has 1 amide bonds. The molecule has 1 saturated heterocycles. The van der Waals surface area contributed by atoms with Gasteiger partial charge in [-0.2, -0.15) is 4.98 Å². The summed E-state index contributed by atoms with van der Waals surface area (Å²) in [5.41, 5.74) is 0.821. The molecule has 20 heavy (non-hydrogen) atoms. The molecule has 1 fully saturated rings. The van der Waals surface area contributed by atoms with Gasteiger partial charge < -0.3 is 15.3 Å². The van der Waals surface area contributed by atoms with Gasteiger partial charge in [0, 0.05) is 25.3 Å². The lowest BCUT2D eigenvalue weighted by Crippen LogP contribution is -2.44. The molecule has 1 atom stereocenters. The Bertz CT molecular complexity index is 644. The molecule has 0 radical (unpaired) electrons. The Morgan fingerprint density at radius 2 is 2.40 bits per heavy atom. The molecule has 0 aliphatic carbocycles. The Labute approximate surface area is 120 Å². The number of halogens is 1. The Morgan fingerprint density at radius 1 is 1.55 bits per heavy atom. The highest BCUT2D eigenvalue weighted by Gasteiger charge is 2.24. The summed E-state index contributed by atoms with van der Waals surface area (Å²) in [5, 5.41) is 16.5. The summed E-state index contributed by atoms with van der Waals surface area (Å²) < 4.78 is 1.65. The molecule has 1 aliphatic heterocycles. The third kappa shape index (κ3) is 2.49. The van der Waals surface area contributed by atoms with Crippen molar-refractivity contribution in [1.82, 2.24) is 19.5 Å². The fraction of sp³-hybridized carbons (Fsp3) is 0.417. The minimum absolute atomic E-state index is 0.0320. The van der Waals surface area contributed by atoms with E-state index in [1.807, 2.05) is 12.1 Å². The SMILES string of the molecule is O=C(O)N1CCCC(Nc2nc(Cl)nn3cccc23)C1. The number of likely N-dealkylation sites (tertiary alicyclic amines) is 1. The first kappa shape index (κ1) is 13.0.